The van der Waals surface area contributed by atoms with Crippen molar-refractivity contribution in [2.75, 3.05) is 9.80 Å². The molecule has 0 atom stereocenters. The van der Waals surface area contributed by atoms with Crippen LogP contribution < -0.4 is 9.80 Å². The van der Waals surface area contributed by atoms with Crippen LogP contribution in [0.4, 0.5) is 34.1 Å². The quantitative estimate of drug-likeness (QED) is 0.168. The Morgan fingerprint density at radius 1 is 0.362 bits per heavy atom. The molecule has 0 aliphatic heterocycles. The van der Waals surface area contributed by atoms with Gasteiger partial charge in [-0.3, -0.25) is 0 Å². The number of hydrogen-bond acceptors (Lipinski definition) is 4. The van der Waals surface area contributed by atoms with Crippen LogP contribution in [0.25, 0.3) is 52.9 Å². The van der Waals surface area contributed by atoms with Crippen LogP contribution in [-0.4, -0.2) is 0 Å². The Hall–Kier alpha value is -6.36. The van der Waals surface area contributed by atoms with Gasteiger partial charge in [0.15, 0.2) is 0 Å². The summed E-state index contributed by atoms with van der Waals surface area (Å²) in [5, 5.41) is 7.21. The van der Waals surface area contributed by atoms with Gasteiger partial charge in [0.2, 0.25) is 0 Å². The largest absolute Gasteiger partial charge is 0.456 e. The summed E-state index contributed by atoms with van der Waals surface area (Å²) in [6, 6.07) is 62.0. The molecule has 3 nitrogen and oxygen atoms in total. The molecule has 0 aliphatic carbocycles. The van der Waals surface area contributed by atoms with Crippen LogP contribution in [0.1, 0.15) is 52.7 Å². The highest BCUT2D eigenvalue weighted by atomic mass is 32.1. The zero-order chi connectivity index (χ0) is 39.8. The highest BCUT2D eigenvalue weighted by Gasteiger charge is 2.20. The molecule has 0 N–H and O–H groups in total. The predicted molar refractivity (Wildman–Crippen MR) is 251 cm³/mol. The van der Waals surface area contributed by atoms with Gasteiger partial charge >= 0.3 is 0 Å². The second-order valence-electron chi connectivity index (χ2n) is 17.5. The lowest BCUT2D eigenvalue weighted by Gasteiger charge is -2.27. The smallest absolute Gasteiger partial charge is 0.137 e. The van der Waals surface area contributed by atoms with Crippen LogP contribution in [0.15, 0.2) is 174 Å². The Bertz CT molecular complexity index is 2900. The van der Waals surface area contributed by atoms with E-state index in [1.54, 1.807) is 0 Å². The Morgan fingerprint density at radius 3 is 1.34 bits per heavy atom. The van der Waals surface area contributed by atoms with E-state index < -0.39 is 0 Å². The highest BCUT2D eigenvalue weighted by molar-refractivity contribution is 7.26. The fourth-order valence-corrected chi connectivity index (χ4v) is 9.49. The minimum atomic E-state index is 0.0861. The molecule has 0 aliphatic rings. The molecule has 10 aromatic rings. The van der Waals surface area contributed by atoms with Gasteiger partial charge in [0, 0.05) is 71.1 Å². The summed E-state index contributed by atoms with van der Waals surface area (Å²) in [4.78, 5) is 4.67. The molecule has 0 saturated carbocycles. The van der Waals surface area contributed by atoms with Gasteiger partial charge in [-0.2, -0.15) is 0 Å². The Balaban J connectivity index is 1.04. The first-order valence-electron chi connectivity index (χ1n) is 20.2. The molecule has 0 fully saturated rings. The van der Waals surface area contributed by atoms with Crippen molar-refractivity contribution in [1.29, 1.82) is 0 Å². The van der Waals surface area contributed by atoms with E-state index in [4.69, 9.17) is 4.42 Å². The first-order chi connectivity index (χ1) is 28.0. The SMILES string of the molecule is CC(C)(C)c1ccc(N(c2ccccc2)c2ccc3c(c2)oc2cc4cc5sc6cc(N(c7ccccc7)c7ccc(C(C)(C)C)cc7)ccc6c5cc4cc23)cc1. The molecular weight excluding hydrogens is 725 g/mol. The number of benzene rings is 8. The summed E-state index contributed by atoms with van der Waals surface area (Å²) in [6.07, 6.45) is 0. The van der Waals surface area contributed by atoms with E-state index in [0.29, 0.717) is 0 Å². The van der Waals surface area contributed by atoms with Crippen molar-refractivity contribution in [2.24, 2.45) is 0 Å². The normalized spacial score (nSPS) is 12.3. The van der Waals surface area contributed by atoms with E-state index in [-0.39, 0.29) is 10.8 Å². The maximum absolute atomic E-state index is 6.68. The van der Waals surface area contributed by atoms with Gasteiger partial charge in [-0.25, -0.2) is 0 Å². The van der Waals surface area contributed by atoms with Crippen LogP contribution >= 0.6 is 11.3 Å². The summed E-state index contributed by atoms with van der Waals surface area (Å²) in [6.45, 7) is 13.6. The summed E-state index contributed by atoms with van der Waals surface area (Å²) in [5.74, 6) is 0. The number of anilines is 6. The number of para-hydroxylation sites is 2. The molecule has 10 rings (SSSR count). The molecule has 0 spiro atoms. The molecule has 2 heterocycles. The molecular formula is C54H46N2OS. The summed E-state index contributed by atoms with van der Waals surface area (Å²) in [5.41, 5.74) is 11.3. The van der Waals surface area contributed by atoms with Crippen LogP contribution in [0.2, 0.25) is 0 Å². The van der Waals surface area contributed by atoms with Gasteiger partial charge in [-0.1, -0.05) is 108 Å². The van der Waals surface area contributed by atoms with E-state index in [9.17, 15) is 0 Å². The maximum atomic E-state index is 6.68. The number of fused-ring (bicyclic) bond motifs is 7. The molecule has 2 aromatic heterocycles. The fraction of sp³-hybridized carbons (Fsp3) is 0.148. The van der Waals surface area contributed by atoms with Gasteiger partial charge in [0.05, 0.1) is 0 Å². The predicted octanol–water partition coefficient (Wildman–Crippen LogP) is 16.6. The summed E-state index contributed by atoms with van der Waals surface area (Å²) < 4.78 is 9.22. The zero-order valence-corrected chi connectivity index (χ0v) is 34.7. The highest BCUT2D eigenvalue weighted by Crippen LogP contribution is 2.44. The molecule has 0 saturated heterocycles. The molecule has 0 amide bonds. The Labute approximate surface area is 344 Å². The molecule has 8 aromatic carbocycles. The fourth-order valence-electron chi connectivity index (χ4n) is 8.32. The average Bonchev–Trinajstić information content (AvgIpc) is 3.76. The first-order valence-corrected chi connectivity index (χ1v) is 21.0. The van der Waals surface area contributed by atoms with Crippen LogP contribution in [-0.2, 0) is 10.8 Å². The van der Waals surface area contributed by atoms with Crippen molar-refractivity contribution in [3.05, 3.63) is 181 Å². The van der Waals surface area contributed by atoms with Crippen molar-refractivity contribution in [3.63, 3.8) is 0 Å². The van der Waals surface area contributed by atoms with E-state index in [0.717, 1.165) is 56.1 Å². The van der Waals surface area contributed by atoms with Crippen molar-refractivity contribution >= 4 is 98.3 Å². The monoisotopic (exact) mass is 770 g/mol. The molecule has 58 heavy (non-hydrogen) atoms. The number of rotatable bonds is 6. The third kappa shape index (κ3) is 6.38. The Kier molecular flexibility index (Phi) is 8.47. The third-order valence-electron chi connectivity index (χ3n) is 11.5. The van der Waals surface area contributed by atoms with E-state index in [1.165, 1.54) is 42.1 Å². The molecule has 0 radical (unpaired) electrons. The van der Waals surface area contributed by atoms with Crippen molar-refractivity contribution < 1.29 is 4.42 Å². The standard InChI is InChI=1S/C54H46N2OS/c1-53(2,3)37-17-21-41(22-18-37)55(39-13-9-7-10-14-39)43-25-27-45-47-29-35-30-48-46-28-26-44(34-52(46)58-51(48)32-36(35)31-49(47)57-50(45)33-43)56(40-15-11-8-12-16-40)42-23-19-38(20-24-42)54(4,5)6/h7-34H,1-6H3. The lowest BCUT2D eigenvalue weighted by Crippen LogP contribution is -2.13. The van der Waals surface area contributed by atoms with Crippen molar-refractivity contribution in [1.82, 2.24) is 0 Å². The molecule has 0 unspecified atom stereocenters. The van der Waals surface area contributed by atoms with Crippen LogP contribution in [0.3, 0.4) is 0 Å². The summed E-state index contributed by atoms with van der Waals surface area (Å²) >= 11 is 1.85. The van der Waals surface area contributed by atoms with E-state index in [2.05, 4.69) is 221 Å². The van der Waals surface area contributed by atoms with E-state index >= 15 is 0 Å². The van der Waals surface area contributed by atoms with Crippen molar-refractivity contribution in [3.8, 4) is 0 Å². The van der Waals surface area contributed by atoms with Crippen LogP contribution in [0, 0.1) is 0 Å². The van der Waals surface area contributed by atoms with Gasteiger partial charge in [0.25, 0.3) is 0 Å². The maximum Gasteiger partial charge on any atom is 0.137 e. The van der Waals surface area contributed by atoms with Crippen LogP contribution in [0.5, 0.6) is 0 Å². The minimum absolute atomic E-state index is 0.0861. The number of furan rings is 1. The minimum Gasteiger partial charge on any atom is -0.456 e. The Morgan fingerprint density at radius 2 is 0.793 bits per heavy atom. The molecule has 4 heteroatoms. The summed E-state index contributed by atoms with van der Waals surface area (Å²) in [7, 11) is 0. The van der Waals surface area contributed by atoms with Gasteiger partial charge < -0.3 is 14.2 Å². The lowest BCUT2D eigenvalue weighted by molar-refractivity contribution is 0.590. The number of nitrogens with zero attached hydrogens (tertiary/aromatic N) is 2. The van der Waals surface area contributed by atoms with Gasteiger partial charge in [-0.15, -0.1) is 11.3 Å². The second kappa shape index (κ2) is 13.6. The first kappa shape index (κ1) is 36.0. The topological polar surface area (TPSA) is 19.6 Å². The van der Waals surface area contributed by atoms with E-state index in [1.807, 2.05) is 11.3 Å². The molecule has 0 bridgehead atoms. The van der Waals surface area contributed by atoms with Gasteiger partial charge in [0.1, 0.15) is 11.2 Å². The second-order valence-corrected chi connectivity index (χ2v) is 18.6. The zero-order valence-electron chi connectivity index (χ0n) is 33.9. The number of hydrogen-bond donors (Lipinski definition) is 0. The average molecular weight is 771 g/mol. The molecule has 284 valence electrons. The van der Waals surface area contributed by atoms with Crippen molar-refractivity contribution in [2.45, 2.75) is 52.4 Å². The third-order valence-corrected chi connectivity index (χ3v) is 12.6. The van der Waals surface area contributed by atoms with Gasteiger partial charge in [-0.05, 0) is 130 Å². The lowest BCUT2D eigenvalue weighted by atomic mass is 9.87. The number of thiophene rings is 1.